The first-order valence-corrected chi connectivity index (χ1v) is 6.65. The molecule has 1 atom stereocenters. The third-order valence-electron chi connectivity index (χ3n) is 3.13. The van der Waals surface area contributed by atoms with Crippen molar-refractivity contribution in [3.05, 3.63) is 30.1 Å². The van der Waals surface area contributed by atoms with Gasteiger partial charge in [-0.3, -0.25) is 9.88 Å². The summed E-state index contributed by atoms with van der Waals surface area (Å²) < 4.78 is 10.3. The molecule has 5 nitrogen and oxygen atoms in total. The third kappa shape index (κ3) is 5.65. The lowest BCUT2D eigenvalue weighted by atomic mass is 10.1. The fourth-order valence-electron chi connectivity index (χ4n) is 2.13. The number of nitrogens with two attached hydrogens (primary N) is 1. The van der Waals surface area contributed by atoms with Crippen LogP contribution in [-0.4, -0.2) is 57.0 Å². The average molecular weight is 267 g/mol. The molecule has 0 amide bonds. The molecule has 0 spiro atoms. The first kappa shape index (κ1) is 16.0. The number of aromatic nitrogens is 1. The highest BCUT2D eigenvalue weighted by atomic mass is 16.5. The Morgan fingerprint density at radius 3 is 2.42 bits per heavy atom. The maximum absolute atomic E-state index is 5.95. The van der Waals surface area contributed by atoms with Gasteiger partial charge in [-0.1, -0.05) is 0 Å². The van der Waals surface area contributed by atoms with E-state index in [2.05, 4.69) is 9.88 Å². The number of hydrogen-bond acceptors (Lipinski definition) is 5. The summed E-state index contributed by atoms with van der Waals surface area (Å²) in [6, 6.07) is 4.25. The van der Waals surface area contributed by atoms with E-state index in [0.717, 1.165) is 26.1 Å². The molecule has 1 rings (SSSR count). The number of pyridine rings is 1. The van der Waals surface area contributed by atoms with Crippen LogP contribution in [0.4, 0.5) is 0 Å². The van der Waals surface area contributed by atoms with Crippen LogP contribution in [0.3, 0.4) is 0 Å². The van der Waals surface area contributed by atoms with Crippen LogP contribution in [0.25, 0.3) is 0 Å². The summed E-state index contributed by atoms with van der Waals surface area (Å²) in [5.41, 5.74) is 7.15. The van der Waals surface area contributed by atoms with Crippen molar-refractivity contribution >= 4 is 0 Å². The molecule has 0 aliphatic rings. The molecule has 0 saturated carbocycles. The van der Waals surface area contributed by atoms with Crippen LogP contribution in [-0.2, 0) is 9.47 Å². The monoisotopic (exact) mass is 267 g/mol. The molecular formula is C14H25N3O2. The van der Waals surface area contributed by atoms with Gasteiger partial charge in [0.15, 0.2) is 0 Å². The Bertz CT molecular complexity index is 322. The molecule has 0 aliphatic heterocycles. The molecule has 5 heteroatoms. The second-order valence-electron chi connectivity index (χ2n) is 4.41. The van der Waals surface area contributed by atoms with Crippen molar-refractivity contribution < 1.29 is 9.47 Å². The van der Waals surface area contributed by atoms with E-state index in [9.17, 15) is 0 Å². The van der Waals surface area contributed by atoms with Gasteiger partial charge in [-0.25, -0.2) is 0 Å². The highest BCUT2D eigenvalue weighted by molar-refractivity contribution is 5.15. The minimum atomic E-state index is 0.204. The second-order valence-corrected chi connectivity index (χ2v) is 4.41. The largest absolute Gasteiger partial charge is 0.385 e. The van der Waals surface area contributed by atoms with Crippen molar-refractivity contribution in [2.24, 2.45) is 5.73 Å². The Kier molecular flexibility index (Phi) is 8.33. The topological polar surface area (TPSA) is 60.6 Å². The molecule has 0 saturated heterocycles. The van der Waals surface area contributed by atoms with Gasteiger partial charge in [-0.05, 0) is 24.1 Å². The van der Waals surface area contributed by atoms with E-state index in [1.165, 1.54) is 5.56 Å². The molecule has 19 heavy (non-hydrogen) atoms. The van der Waals surface area contributed by atoms with Gasteiger partial charge in [-0.2, -0.15) is 0 Å². The molecule has 2 N–H and O–H groups in total. The van der Waals surface area contributed by atoms with Gasteiger partial charge in [0.05, 0.1) is 6.61 Å². The van der Waals surface area contributed by atoms with Gasteiger partial charge in [0.1, 0.15) is 0 Å². The van der Waals surface area contributed by atoms with E-state index in [1.807, 2.05) is 24.5 Å². The van der Waals surface area contributed by atoms with E-state index in [-0.39, 0.29) is 6.04 Å². The Morgan fingerprint density at radius 1 is 1.16 bits per heavy atom. The molecule has 0 fully saturated rings. The minimum Gasteiger partial charge on any atom is -0.385 e. The average Bonchev–Trinajstić information content (AvgIpc) is 2.46. The number of nitrogens with zero attached hydrogens (tertiary/aromatic N) is 2. The third-order valence-corrected chi connectivity index (χ3v) is 3.13. The van der Waals surface area contributed by atoms with Gasteiger partial charge >= 0.3 is 0 Å². The van der Waals surface area contributed by atoms with Crippen molar-refractivity contribution in [2.45, 2.75) is 12.5 Å². The van der Waals surface area contributed by atoms with Crippen molar-refractivity contribution in [1.29, 1.82) is 0 Å². The summed E-state index contributed by atoms with van der Waals surface area (Å²) in [6.07, 6.45) is 4.60. The number of ether oxygens (including phenoxy) is 2. The normalized spacial score (nSPS) is 12.8. The lowest BCUT2D eigenvalue weighted by molar-refractivity contribution is 0.108. The number of methoxy groups -OCH3 is 2. The molecule has 1 aromatic heterocycles. The maximum Gasteiger partial charge on any atom is 0.0589 e. The summed E-state index contributed by atoms with van der Waals surface area (Å²) in [4.78, 5) is 6.40. The molecule has 0 aromatic carbocycles. The van der Waals surface area contributed by atoms with Gasteiger partial charge in [0.2, 0.25) is 0 Å². The zero-order valence-corrected chi connectivity index (χ0v) is 11.9. The summed E-state index contributed by atoms with van der Waals surface area (Å²) in [6.45, 7) is 3.86. The highest BCUT2D eigenvalue weighted by Crippen LogP contribution is 2.19. The van der Waals surface area contributed by atoms with Crippen molar-refractivity contribution in [3.63, 3.8) is 0 Å². The van der Waals surface area contributed by atoms with E-state index in [0.29, 0.717) is 13.2 Å². The Hall–Kier alpha value is -1.01. The molecule has 0 aliphatic carbocycles. The van der Waals surface area contributed by atoms with E-state index in [4.69, 9.17) is 15.2 Å². The van der Waals surface area contributed by atoms with Crippen LogP contribution in [0, 0.1) is 0 Å². The summed E-state index contributed by atoms with van der Waals surface area (Å²) >= 11 is 0. The van der Waals surface area contributed by atoms with Gasteiger partial charge in [0.25, 0.3) is 0 Å². The van der Waals surface area contributed by atoms with E-state index < -0.39 is 0 Å². The summed E-state index contributed by atoms with van der Waals surface area (Å²) in [7, 11) is 3.44. The van der Waals surface area contributed by atoms with Crippen molar-refractivity contribution in [1.82, 2.24) is 9.88 Å². The first-order chi connectivity index (χ1) is 9.33. The molecule has 108 valence electrons. The van der Waals surface area contributed by atoms with Crippen molar-refractivity contribution in [2.75, 3.05) is 47.1 Å². The van der Waals surface area contributed by atoms with Crippen LogP contribution >= 0.6 is 0 Å². The predicted molar refractivity (Wildman–Crippen MR) is 76.0 cm³/mol. The zero-order chi connectivity index (χ0) is 13.9. The maximum atomic E-state index is 5.95. The van der Waals surface area contributed by atoms with Crippen molar-refractivity contribution in [3.8, 4) is 0 Å². The smallest absolute Gasteiger partial charge is 0.0589 e. The predicted octanol–water partition coefficient (Wildman–Crippen LogP) is 1.07. The number of rotatable bonds is 10. The van der Waals surface area contributed by atoms with Crippen LogP contribution < -0.4 is 5.73 Å². The molecule has 0 bridgehead atoms. The van der Waals surface area contributed by atoms with Gasteiger partial charge in [-0.15, -0.1) is 0 Å². The van der Waals surface area contributed by atoms with Crippen LogP contribution in [0.2, 0.25) is 0 Å². The van der Waals surface area contributed by atoms with Crippen LogP contribution in [0.15, 0.2) is 24.5 Å². The van der Waals surface area contributed by atoms with Crippen LogP contribution in [0.1, 0.15) is 18.0 Å². The van der Waals surface area contributed by atoms with Gasteiger partial charge in [0, 0.05) is 58.9 Å². The molecule has 1 aromatic rings. The molecule has 1 unspecified atom stereocenters. The Morgan fingerprint density at radius 2 is 1.84 bits per heavy atom. The lowest BCUT2D eigenvalue weighted by Gasteiger charge is -2.31. The quantitative estimate of drug-likeness (QED) is 0.642. The van der Waals surface area contributed by atoms with E-state index in [1.54, 1.807) is 14.2 Å². The standard InChI is InChI=1S/C14H25N3O2/c1-18-10-3-8-17(9-11-19-2)14(12-15)13-4-6-16-7-5-13/h4-7,14H,3,8-12,15H2,1-2H3. The fraction of sp³-hybridized carbons (Fsp3) is 0.643. The van der Waals surface area contributed by atoms with Crippen LogP contribution in [0.5, 0.6) is 0 Å². The first-order valence-electron chi connectivity index (χ1n) is 6.65. The summed E-state index contributed by atoms with van der Waals surface area (Å²) in [5.74, 6) is 0. The second kappa shape index (κ2) is 9.86. The molecular weight excluding hydrogens is 242 g/mol. The summed E-state index contributed by atoms with van der Waals surface area (Å²) in [5, 5.41) is 0. The Balaban J connectivity index is 2.68. The fourth-order valence-corrected chi connectivity index (χ4v) is 2.13. The minimum absolute atomic E-state index is 0.204. The lowest BCUT2D eigenvalue weighted by Crippen LogP contribution is -2.37. The number of hydrogen-bond donors (Lipinski definition) is 1. The molecule has 1 heterocycles. The van der Waals surface area contributed by atoms with E-state index >= 15 is 0 Å². The Labute approximate surface area is 115 Å². The molecule has 0 radical (unpaired) electrons. The zero-order valence-electron chi connectivity index (χ0n) is 11.9. The highest BCUT2D eigenvalue weighted by Gasteiger charge is 2.18. The van der Waals surface area contributed by atoms with Gasteiger partial charge < -0.3 is 15.2 Å². The SMILES string of the molecule is COCCCN(CCOC)C(CN)c1ccncc1.